The molecule has 0 aromatic heterocycles. The molecule has 116 valence electrons. The molecule has 1 heterocycles. The van der Waals surface area contributed by atoms with Gasteiger partial charge < -0.3 is 4.90 Å². The molecule has 1 aliphatic heterocycles. The van der Waals surface area contributed by atoms with E-state index in [1.807, 2.05) is 18.2 Å². The molecule has 4 nitrogen and oxygen atoms in total. The normalized spacial score (nSPS) is 18.5. The highest BCUT2D eigenvalue weighted by molar-refractivity contribution is 6.31. The average molecular weight is 310 g/mol. The number of hydrogen-bond acceptors (Lipinski definition) is 3. The first-order chi connectivity index (χ1) is 9.99. The fourth-order valence-electron chi connectivity index (χ4n) is 2.65. The van der Waals surface area contributed by atoms with Gasteiger partial charge in [-0.25, -0.2) is 0 Å². The number of amides is 1. The smallest absolute Gasteiger partial charge is 0.236 e. The quantitative estimate of drug-likeness (QED) is 0.852. The first-order valence-corrected chi connectivity index (χ1v) is 7.78. The molecule has 1 aliphatic rings. The summed E-state index contributed by atoms with van der Waals surface area (Å²) in [7, 11) is 3.61. The van der Waals surface area contributed by atoms with Crippen molar-refractivity contribution >= 4 is 17.5 Å². The van der Waals surface area contributed by atoms with Crippen molar-refractivity contribution in [3.63, 3.8) is 0 Å². The Morgan fingerprint density at radius 3 is 2.43 bits per heavy atom. The van der Waals surface area contributed by atoms with Gasteiger partial charge >= 0.3 is 0 Å². The lowest BCUT2D eigenvalue weighted by Gasteiger charge is -2.38. The van der Waals surface area contributed by atoms with E-state index in [1.54, 1.807) is 19.0 Å². The second kappa shape index (κ2) is 7.25. The highest BCUT2D eigenvalue weighted by Gasteiger charge is 2.24. The van der Waals surface area contributed by atoms with Crippen molar-refractivity contribution in [1.29, 1.82) is 0 Å². The molecule has 0 bridgehead atoms. The Hall–Kier alpha value is -1.10. The van der Waals surface area contributed by atoms with Gasteiger partial charge in [0.2, 0.25) is 5.91 Å². The zero-order valence-electron chi connectivity index (χ0n) is 13.1. The molecule has 1 unspecified atom stereocenters. The number of nitrogens with zero attached hydrogens (tertiary/aromatic N) is 3. The Kier molecular flexibility index (Phi) is 5.62. The molecule has 1 aromatic rings. The van der Waals surface area contributed by atoms with Crippen LogP contribution in [0, 0.1) is 0 Å². The molecule has 21 heavy (non-hydrogen) atoms. The summed E-state index contributed by atoms with van der Waals surface area (Å²) in [6, 6.07) is 8.34. The molecular weight excluding hydrogens is 286 g/mol. The topological polar surface area (TPSA) is 26.8 Å². The van der Waals surface area contributed by atoms with Gasteiger partial charge in [-0.05, 0) is 18.6 Å². The number of carbonyl (C=O) groups is 1. The lowest BCUT2D eigenvalue weighted by molar-refractivity contribution is -0.130. The second-order valence-electron chi connectivity index (χ2n) is 5.80. The van der Waals surface area contributed by atoms with Gasteiger partial charge in [0.05, 0.1) is 6.54 Å². The van der Waals surface area contributed by atoms with E-state index < -0.39 is 0 Å². The first kappa shape index (κ1) is 16.3. The van der Waals surface area contributed by atoms with Crippen LogP contribution in [0.1, 0.15) is 18.5 Å². The van der Waals surface area contributed by atoms with Crippen molar-refractivity contribution in [1.82, 2.24) is 14.7 Å². The summed E-state index contributed by atoms with van der Waals surface area (Å²) in [4.78, 5) is 18.0. The van der Waals surface area contributed by atoms with Crippen molar-refractivity contribution in [2.24, 2.45) is 0 Å². The van der Waals surface area contributed by atoms with Gasteiger partial charge in [-0.2, -0.15) is 0 Å². The number of likely N-dealkylation sites (N-methyl/N-ethyl adjacent to an activating group) is 1. The summed E-state index contributed by atoms with van der Waals surface area (Å²) in [6.07, 6.45) is 0. The van der Waals surface area contributed by atoms with Crippen molar-refractivity contribution in [2.75, 3.05) is 46.8 Å². The van der Waals surface area contributed by atoms with Crippen LogP contribution >= 0.6 is 11.6 Å². The molecule has 0 saturated carbocycles. The maximum Gasteiger partial charge on any atom is 0.236 e. The number of rotatable bonds is 4. The lowest BCUT2D eigenvalue weighted by atomic mass is 10.1. The van der Waals surface area contributed by atoms with Crippen LogP contribution in [-0.2, 0) is 4.79 Å². The van der Waals surface area contributed by atoms with E-state index in [0.717, 1.165) is 31.2 Å². The molecule has 1 aromatic carbocycles. The monoisotopic (exact) mass is 309 g/mol. The molecule has 0 radical (unpaired) electrons. The van der Waals surface area contributed by atoms with Crippen molar-refractivity contribution in [3.05, 3.63) is 34.9 Å². The largest absolute Gasteiger partial charge is 0.348 e. The van der Waals surface area contributed by atoms with Crippen LogP contribution in [0.4, 0.5) is 0 Å². The zero-order chi connectivity index (χ0) is 15.4. The lowest BCUT2D eigenvalue weighted by Crippen LogP contribution is -2.49. The van der Waals surface area contributed by atoms with Gasteiger partial charge in [0.15, 0.2) is 0 Å². The van der Waals surface area contributed by atoms with Crippen molar-refractivity contribution in [3.8, 4) is 0 Å². The van der Waals surface area contributed by atoms with Crippen LogP contribution in [-0.4, -0.2) is 67.4 Å². The molecule has 0 aliphatic carbocycles. The summed E-state index contributed by atoms with van der Waals surface area (Å²) in [5.74, 6) is 0.169. The predicted molar refractivity (Wildman–Crippen MR) is 86.6 cm³/mol. The summed E-state index contributed by atoms with van der Waals surface area (Å²) < 4.78 is 0. The molecule has 1 amide bonds. The molecular formula is C16H24ClN3O. The van der Waals surface area contributed by atoms with Crippen LogP contribution in [0.2, 0.25) is 5.02 Å². The molecule has 0 N–H and O–H groups in total. The van der Waals surface area contributed by atoms with Crippen LogP contribution in [0.25, 0.3) is 0 Å². The van der Waals surface area contributed by atoms with Gasteiger partial charge in [-0.3, -0.25) is 14.6 Å². The summed E-state index contributed by atoms with van der Waals surface area (Å²) in [5.41, 5.74) is 1.18. The highest BCUT2D eigenvalue weighted by atomic mass is 35.5. The number of piperazine rings is 1. The van der Waals surface area contributed by atoms with E-state index >= 15 is 0 Å². The van der Waals surface area contributed by atoms with Gasteiger partial charge in [0.1, 0.15) is 0 Å². The van der Waals surface area contributed by atoms with Crippen LogP contribution < -0.4 is 0 Å². The third kappa shape index (κ3) is 4.19. The minimum Gasteiger partial charge on any atom is -0.348 e. The van der Waals surface area contributed by atoms with E-state index in [4.69, 9.17) is 11.6 Å². The molecule has 1 fully saturated rings. The number of benzene rings is 1. The fraction of sp³-hybridized carbons (Fsp3) is 0.562. The molecule has 5 heteroatoms. The van der Waals surface area contributed by atoms with E-state index in [0.29, 0.717) is 12.6 Å². The van der Waals surface area contributed by atoms with Gasteiger partial charge in [-0.1, -0.05) is 29.8 Å². The minimum absolute atomic E-state index is 0.169. The predicted octanol–water partition coefficient (Wildman–Crippen LogP) is 2.11. The SMILES string of the molecule is CC(c1ccccc1Cl)N1CCN(CC(=O)N(C)C)CC1. The standard InChI is InChI=1S/C16H24ClN3O/c1-13(14-6-4-5-7-15(14)17)20-10-8-19(9-11-20)12-16(21)18(2)3/h4-7,13H,8-12H2,1-3H3. The Morgan fingerprint density at radius 2 is 1.86 bits per heavy atom. The molecule has 2 rings (SSSR count). The number of hydrogen-bond donors (Lipinski definition) is 0. The van der Waals surface area contributed by atoms with Gasteiger partial charge in [-0.15, -0.1) is 0 Å². The zero-order valence-corrected chi connectivity index (χ0v) is 13.8. The fourth-order valence-corrected chi connectivity index (χ4v) is 2.95. The van der Waals surface area contributed by atoms with Crippen LogP contribution in [0.15, 0.2) is 24.3 Å². The Balaban J connectivity index is 1.89. The van der Waals surface area contributed by atoms with Crippen LogP contribution in [0.3, 0.4) is 0 Å². The van der Waals surface area contributed by atoms with Gasteiger partial charge in [0.25, 0.3) is 0 Å². The maximum atomic E-state index is 11.7. The van der Waals surface area contributed by atoms with E-state index in [2.05, 4.69) is 22.8 Å². The number of carbonyl (C=O) groups excluding carboxylic acids is 1. The average Bonchev–Trinajstić information content (AvgIpc) is 2.47. The summed E-state index contributed by atoms with van der Waals surface area (Å²) in [5, 5.41) is 0.829. The Labute approximate surface area is 132 Å². The highest BCUT2D eigenvalue weighted by Crippen LogP contribution is 2.27. The third-order valence-corrected chi connectivity index (χ3v) is 4.51. The molecule has 1 saturated heterocycles. The first-order valence-electron chi connectivity index (χ1n) is 7.40. The molecule has 0 spiro atoms. The third-order valence-electron chi connectivity index (χ3n) is 4.17. The van der Waals surface area contributed by atoms with Gasteiger partial charge in [0, 0.05) is 51.3 Å². The Morgan fingerprint density at radius 1 is 1.24 bits per heavy atom. The van der Waals surface area contributed by atoms with E-state index in [-0.39, 0.29) is 5.91 Å². The van der Waals surface area contributed by atoms with Crippen molar-refractivity contribution < 1.29 is 4.79 Å². The Bertz CT molecular complexity index is 484. The summed E-state index contributed by atoms with van der Waals surface area (Å²) >= 11 is 6.28. The summed E-state index contributed by atoms with van der Waals surface area (Å²) in [6.45, 7) is 6.49. The maximum absolute atomic E-state index is 11.7. The second-order valence-corrected chi connectivity index (χ2v) is 6.20. The van der Waals surface area contributed by atoms with Crippen molar-refractivity contribution in [2.45, 2.75) is 13.0 Å². The van der Waals surface area contributed by atoms with E-state index in [9.17, 15) is 4.79 Å². The van der Waals surface area contributed by atoms with E-state index in [1.165, 1.54) is 5.56 Å². The van der Waals surface area contributed by atoms with Crippen LogP contribution in [0.5, 0.6) is 0 Å². The number of halogens is 1. The molecule has 1 atom stereocenters. The minimum atomic E-state index is 0.169.